The van der Waals surface area contributed by atoms with Crippen molar-refractivity contribution in [2.24, 2.45) is 74.4 Å². The number of ether oxygens (including phenoxy) is 1. The number of hydrogen-bond acceptors (Lipinski definition) is 8. The van der Waals surface area contributed by atoms with E-state index in [1.54, 1.807) is 0 Å². The molecule has 14 atom stereocenters. The Bertz CT molecular complexity index is 1600. The van der Waals surface area contributed by atoms with Gasteiger partial charge < -0.3 is 20.3 Å². The van der Waals surface area contributed by atoms with Crippen molar-refractivity contribution in [1.82, 2.24) is 10.2 Å². The minimum absolute atomic E-state index is 0.0435. The quantitative estimate of drug-likeness (QED) is 0.208. The third-order valence-corrected chi connectivity index (χ3v) is 21.1. The van der Waals surface area contributed by atoms with Crippen LogP contribution in [0.15, 0.2) is 0 Å². The van der Waals surface area contributed by atoms with Crippen LogP contribution in [0.25, 0.3) is 0 Å². The van der Waals surface area contributed by atoms with Crippen molar-refractivity contribution in [2.45, 2.75) is 164 Å². The Morgan fingerprint density at radius 2 is 1.47 bits per heavy atom. The van der Waals surface area contributed by atoms with Gasteiger partial charge in [0.05, 0.1) is 29.4 Å². The maximum Gasteiger partial charge on any atom is 0.309 e. The molecule has 1 saturated heterocycles. The Labute approximate surface area is 333 Å². The van der Waals surface area contributed by atoms with E-state index in [1.807, 2.05) is 20.8 Å². The van der Waals surface area contributed by atoms with Crippen LogP contribution < -0.4 is 5.32 Å². The van der Waals surface area contributed by atoms with Gasteiger partial charge in [0.15, 0.2) is 9.84 Å². The summed E-state index contributed by atoms with van der Waals surface area (Å²) in [5, 5.41) is 24.9. The van der Waals surface area contributed by atoms with Crippen LogP contribution in [0.4, 0.5) is 0 Å². The molecule has 0 amide bonds. The van der Waals surface area contributed by atoms with E-state index in [1.165, 1.54) is 38.5 Å². The van der Waals surface area contributed by atoms with Crippen LogP contribution in [-0.4, -0.2) is 90.4 Å². The number of carbonyl (C=O) groups is 2. The molecule has 6 aliphatic carbocycles. The molecule has 1 aliphatic heterocycles. The summed E-state index contributed by atoms with van der Waals surface area (Å²) >= 11 is 0. The molecule has 0 radical (unpaired) electrons. The average molecular weight is 789 g/mol. The van der Waals surface area contributed by atoms with Crippen molar-refractivity contribution in [3.8, 4) is 0 Å². The van der Waals surface area contributed by atoms with E-state index in [9.17, 15) is 28.2 Å². The van der Waals surface area contributed by atoms with Crippen molar-refractivity contribution >= 4 is 21.8 Å². The van der Waals surface area contributed by atoms with E-state index in [0.717, 1.165) is 25.7 Å². The largest absolute Gasteiger partial charge is 0.481 e. The number of fused-ring (bicyclic) bond motifs is 7. The zero-order chi connectivity index (χ0) is 40.3. The molecule has 7 fully saturated rings. The number of carboxylic acid groups (broad SMARTS) is 1. The molecule has 7 rings (SSSR count). The smallest absolute Gasteiger partial charge is 0.309 e. The second-order valence-electron chi connectivity index (χ2n) is 22.5. The molecule has 1 heterocycles. The van der Waals surface area contributed by atoms with Gasteiger partial charge in [-0.1, -0.05) is 62.3 Å². The summed E-state index contributed by atoms with van der Waals surface area (Å²) in [5.41, 5.74) is -0.131. The molecule has 0 spiro atoms. The highest BCUT2D eigenvalue weighted by Gasteiger charge is 2.71. The standard InChI is InChI=1S/C45H76N2O7S/c1-27(2)29-13-18-45(46-26-33(28(3)48)47-21-23-55(52,53)24-22-47)20-19-43(9)30(37(29)45)11-12-35-42(8)16-15-36(41(6,7)34(42)14-17-44(35,43)10)54-39(51)32-25-31(38(49)50)40(32,4)5/h27-37,46,48H,11-26H2,1-10H3,(H,49,50)/t28-,29-,30+,31-,32+,33+,34-,35+,36-,37+,42-,43+,44+,45-/m0/s1. The fourth-order valence-corrected chi connectivity index (χ4v) is 17.1. The third kappa shape index (κ3) is 6.40. The summed E-state index contributed by atoms with van der Waals surface area (Å²) in [7, 11) is -2.99. The van der Waals surface area contributed by atoms with Gasteiger partial charge in [-0.05, 0) is 135 Å². The molecule has 3 N–H and O–H groups in total. The van der Waals surface area contributed by atoms with E-state index >= 15 is 0 Å². The van der Waals surface area contributed by atoms with E-state index in [0.29, 0.717) is 61.6 Å². The van der Waals surface area contributed by atoms with Crippen LogP contribution in [0.5, 0.6) is 0 Å². The summed E-state index contributed by atoms with van der Waals surface area (Å²) in [6, 6.07) is -0.0972. The number of sulfone groups is 1. The van der Waals surface area contributed by atoms with Crippen molar-refractivity contribution in [2.75, 3.05) is 31.1 Å². The van der Waals surface area contributed by atoms with Crippen LogP contribution >= 0.6 is 0 Å². The lowest BCUT2D eigenvalue weighted by Crippen LogP contribution is -2.69. The topological polar surface area (TPSA) is 133 Å². The van der Waals surface area contributed by atoms with Gasteiger partial charge >= 0.3 is 11.9 Å². The first-order valence-electron chi connectivity index (χ1n) is 22.3. The lowest BCUT2D eigenvalue weighted by atomic mass is 9.32. The number of nitrogens with one attached hydrogen (secondary N) is 1. The SMILES string of the molecule is CC(C)[C@@H]1CC[C@]2(NC[C@H]([C@H](C)O)N3CCS(=O)(=O)CC3)CC[C@]3(C)[C@H](CC[C@@H]4[C@@]5(C)CC[C@H](OC(=O)[C@H]6C[C@@H](C(=O)O)C6(C)C)C(C)(C)[C@@H]5CC[C@]43C)[C@@H]12. The summed E-state index contributed by atoms with van der Waals surface area (Å²) in [4.78, 5) is 27.6. The predicted molar refractivity (Wildman–Crippen MR) is 216 cm³/mol. The second kappa shape index (κ2) is 13.9. The van der Waals surface area contributed by atoms with Crippen LogP contribution in [0.1, 0.15) is 140 Å². The molecule has 6 saturated carbocycles. The van der Waals surface area contributed by atoms with Crippen molar-refractivity contribution in [3.63, 3.8) is 0 Å². The number of carboxylic acids is 1. The number of esters is 1. The van der Waals surface area contributed by atoms with Crippen molar-refractivity contribution < 1.29 is 33.0 Å². The first kappa shape index (κ1) is 41.9. The summed E-state index contributed by atoms with van der Waals surface area (Å²) in [5.74, 6) is 2.01. The Hall–Kier alpha value is -1.23. The summed E-state index contributed by atoms with van der Waals surface area (Å²) in [6.45, 7) is 24.9. The molecule has 0 bridgehead atoms. The van der Waals surface area contributed by atoms with Gasteiger partial charge in [0, 0.05) is 36.6 Å². The molecule has 55 heavy (non-hydrogen) atoms. The Morgan fingerprint density at radius 3 is 2.07 bits per heavy atom. The maximum atomic E-state index is 13.6. The lowest BCUT2D eigenvalue weighted by molar-refractivity contribution is -0.249. The summed E-state index contributed by atoms with van der Waals surface area (Å²) < 4.78 is 31.0. The van der Waals surface area contributed by atoms with Crippen molar-refractivity contribution in [3.05, 3.63) is 0 Å². The number of aliphatic carboxylic acids is 1. The molecule has 9 nitrogen and oxygen atoms in total. The molecular weight excluding hydrogens is 713 g/mol. The lowest BCUT2D eigenvalue weighted by Gasteiger charge is -2.73. The number of rotatable bonds is 9. The van der Waals surface area contributed by atoms with Gasteiger partial charge in [0.2, 0.25) is 0 Å². The molecule has 0 aromatic rings. The van der Waals surface area contributed by atoms with E-state index in [2.05, 4.69) is 58.7 Å². The zero-order valence-electron chi connectivity index (χ0n) is 36.0. The highest BCUT2D eigenvalue weighted by Crippen LogP contribution is 2.76. The Morgan fingerprint density at radius 1 is 0.800 bits per heavy atom. The zero-order valence-corrected chi connectivity index (χ0v) is 36.8. The third-order valence-electron chi connectivity index (χ3n) is 19.5. The Kier molecular flexibility index (Phi) is 10.6. The fourth-order valence-electron chi connectivity index (χ4n) is 15.8. The monoisotopic (exact) mass is 789 g/mol. The number of hydrogen-bond donors (Lipinski definition) is 3. The maximum absolute atomic E-state index is 13.6. The van der Waals surface area contributed by atoms with Crippen LogP contribution in [-0.2, 0) is 24.2 Å². The predicted octanol–water partition coefficient (Wildman–Crippen LogP) is 7.20. The molecule has 0 unspecified atom stereocenters. The first-order valence-corrected chi connectivity index (χ1v) is 24.1. The fraction of sp³-hybridized carbons (Fsp3) is 0.956. The Balaban J connectivity index is 1.10. The van der Waals surface area contributed by atoms with Gasteiger partial charge in [-0.3, -0.25) is 14.5 Å². The summed E-state index contributed by atoms with van der Waals surface area (Å²) in [6.07, 6.45) is 11.2. The molecule has 314 valence electrons. The van der Waals surface area contributed by atoms with E-state index in [-0.39, 0.29) is 62.7 Å². The van der Waals surface area contributed by atoms with Crippen molar-refractivity contribution in [1.29, 1.82) is 0 Å². The van der Waals surface area contributed by atoms with Crippen LogP contribution in [0.3, 0.4) is 0 Å². The number of aliphatic hydroxyl groups is 1. The highest BCUT2D eigenvalue weighted by molar-refractivity contribution is 7.91. The number of nitrogens with zero attached hydrogens (tertiary/aromatic N) is 1. The van der Waals surface area contributed by atoms with E-state index < -0.39 is 33.2 Å². The van der Waals surface area contributed by atoms with Crippen LogP contribution in [0, 0.1) is 74.4 Å². The molecule has 7 aliphatic rings. The normalized spacial score (nSPS) is 46.9. The molecule has 10 heteroatoms. The minimum atomic E-state index is -2.99. The number of aliphatic hydroxyl groups excluding tert-OH is 1. The van der Waals surface area contributed by atoms with Gasteiger partial charge in [-0.15, -0.1) is 0 Å². The minimum Gasteiger partial charge on any atom is -0.481 e. The second-order valence-corrected chi connectivity index (χ2v) is 24.8. The van der Waals surface area contributed by atoms with Gasteiger partial charge in [0.25, 0.3) is 0 Å². The van der Waals surface area contributed by atoms with Crippen LogP contribution in [0.2, 0.25) is 0 Å². The highest BCUT2D eigenvalue weighted by atomic mass is 32.2. The molecule has 0 aromatic carbocycles. The molecular formula is C45H76N2O7S. The van der Waals surface area contributed by atoms with Gasteiger partial charge in [0.1, 0.15) is 6.10 Å². The average Bonchev–Trinajstić information content (AvgIpc) is 3.46. The number of carbonyl (C=O) groups excluding carboxylic acids is 1. The molecule has 0 aromatic heterocycles. The van der Waals surface area contributed by atoms with Gasteiger partial charge in [-0.2, -0.15) is 0 Å². The van der Waals surface area contributed by atoms with Gasteiger partial charge in [-0.25, -0.2) is 8.42 Å². The first-order chi connectivity index (χ1) is 25.5. The van der Waals surface area contributed by atoms with E-state index in [4.69, 9.17) is 4.74 Å².